The summed E-state index contributed by atoms with van der Waals surface area (Å²) >= 11 is 0. The fourth-order valence-corrected chi connectivity index (χ4v) is 2.28. The molecule has 0 unspecified atom stereocenters. The summed E-state index contributed by atoms with van der Waals surface area (Å²) in [6, 6.07) is 0. The minimum atomic E-state index is -0.564. The Bertz CT molecular complexity index is 510. The van der Waals surface area contributed by atoms with Crippen molar-refractivity contribution in [3.05, 3.63) is 55.9 Å². The molecule has 0 amide bonds. The van der Waals surface area contributed by atoms with E-state index < -0.39 is 9.85 Å². The number of nitrogens with zero attached hydrogens (tertiary/aromatic N) is 2. The molecule has 0 rings (SSSR count). The van der Waals surface area contributed by atoms with Crippen molar-refractivity contribution in [3.63, 3.8) is 0 Å². The third kappa shape index (κ3) is 12.7. The lowest BCUT2D eigenvalue weighted by Gasteiger charge is -1.98. The number of aldehydes is 1. The highest BCUT2D eigenvalue weighted by atomic mass is 16.6. The molecule has 0 bridgehead atoms. The molecule has 0 saturated carbocycles. The summed E-state index contributed by atoms with van der Waals surface area (Å²) in [4.78, 5) is 30.9. The van der Waals surface area contributed by atoms with Crippen LogP contribution in [-0.2, 0) is 4.79 Å². The van der Waals surface area contributed by atoms with Crippen LogP contribution in [0.2, 0.25) is 0 Å². The molecule has 0 saturated heterocycles. The van der Waals surface area contributed by atoms with Crippen molar-refractivity contribution < 1.29 is 14.6 Å². The topological polar surface area (TPSA) is 103 Å². The highest BCUT2D eigenvalue weighted by molar-refractivity contribution is 5.48. The van der Waals surface area contributed by atoms with Crippen molar-refractivity contribution in [2.75, 3.05) is 0 Å². The van der Waals surface area contributed by atoms with Gasteiger partial charge in [-0.1, -0.05) is 38.3 Å². The van der Waals surface area contributed by atoms with E-state index in [0.29, 0.717) is 19.3 Å². The first-order valence-corrected chi connectivity index (χ1v) is 8.78. The summed E-state index contributed by atoms with van der Waals surface area (Å²) in [7, 11) is 0. The Morgan fingerprint density at radius 1 is 0.840 bits per heavy atom. The Balaban J connectivity index is 4.19. The number of allylic oxidation sites excluding steroid dienone is 4. The monoisotopic (exact) mass is 352 g/mol. The van der Waals surface area contributed by atoms with Gasteiger partial charge in [0.15, 0.2) is 0 Å². The first-order chi connectivity index (χ1) is 12.0. The van der Waals surface area contributed by atoms with Crippen molar-refractivity contribution in [1.29, 1.82) is 0 Å². The molecule has 7 heteroatoms. The van der Waals surface area contributed by atoms with Crippen LogP contribution in [0.3, 0.4) is 0 Å². The maximum atomic E-state index is 11.0. The largest absolute Gasteiger partial charge is 0.303 e. The predicted molar refractivity (Wildman–Crippen MR) is 97.2 cm³/mol. The van der Waals surface area contributed by atoms with Gasteiger partial charge in [0.1, 0.15) is 12.7 Å². The molecule has 0 aromatic carbocycles. The maximum absolute atomic E-state index is 11.0. The lowest BCUT2D eigenvalue weighted by molar-refractivity contribution is -0.450. The molecule has 0 radical (unpaired) electrons. The number of nitro groups is 2. The minimum absolute atomic E-state index is 0.135. The molecular formula is C18H28N2O5. The van der Waals surface area contributed by atoms with Gasteiger partial charge in [-0.15, -0.1) is 0 Å². The number of rotatable bonds is 15. The standard InChI is InChI=1S/C18H28N2O5/c1-2-13-17(19(22)23)16-18(20(24)25)14-11-9-7-5-3-4-6-8-10-12-15-21/h7,9,13-15H,2-6,8,10-12,16H2,1H3/b9-7-,17-13+,18-14+. The second-order valence-electron chi connectivity index (χ2n) is 5.71. The van der Waals surface area contributed by atoms with Crippen LogP contribution in [0.1, 0.15) is 71.1 Å². The van der Waals surface area contributed by atoms with Crippen LogP contribution in [0.15, 0.2) is 35.7 Å². The van der Waals surface area contributed by atoms with Crippen LogP contribution in [0.5, 0.6) is 0 Å². The highest BCUT2D eigenvalue weighted by Gasteiger charge is 2.20. The molecular weight excluding hydrogens is 324 g/mol. The van der Waals surface area contributed by atoms with Gasteiger partial charge in [-0.05, 0) is 44.3 Å². The van der Waals surface area contributed by atoms with Crippen molar-refractivity contribution in [3.8, 4) is 0 Å². The van der Waals surface area contributed by atoms with Gasteiger partial charge in [0.05, 0.1) is 9.85 Å². The number of carbonyl (C=O) groups excluding carboxylic acids is 1. The molecule has 0 atom stereocenters. The summed E-state index contributed by atoms with van der Waals surface area (Å²) < 4.78 is 0. The van der Waals surface area contributed by atoms with Gasteiger partial charge in [0, 0.05) is 6.42 Å². The van der Waals surface area contributed by atoms with E-state index in [1.54, 1.807) is 6.92 Å². The first-order valence-electron chi connectivity index (χ1n) is 8.78. The zero-order valence-corrected chi connectivity index (χ0v) is 14.9. The van der Waals surface area contributed by atoms with Crippen LogP contribution >= 0.6 is 0 Å². The van der Waals surface area contributed by atoms with Crippen LogP contribution in [-0.4, -0.2) is 16.1 Å². The third-order valence-electron chi connectivity index (χ3n) is 3.62. The Morgan fingerprint density at radius 3 is 1.96 bits per heavy atom. The second-order valence-corrected chi connectivity index (χ2v) is 5.71. The van der Waals surface area contributed by atoms with Gasteiger partial charge in [-0.2, -0.15) is 0 Å². The zero-order chi connectivity index (χ0) is 18.9. The van der Waals surface area contributed by atoms with Gasteiger partial charge in [-0.3, -0.25) is 20.2 Å². The summed E-state index contributed by atoms with van der Waals surface area (Å²) in [5.74, 6) is 0. The molecule has 0 heterocycles. The zero-order valence-electron chi connectivity index (χ0n) is 14.9. The van der Waals surface area contributed by atoms with Crippen molar-refractivity contribution in [1.82, 2.24) is 0 Å². The van der Waals surface area contributed by atoms with E-state index in [9.17, 15) is 25.0 Å². The normalized spacial score (nSPS) is 12.5. The Labute approximate surface area is 148 Å². The lowest BCUT2D eigenvalue weighted by Crippen LogP contribution is -2.06. The van der Waals surface area contributed by atoms with Crippen LogP contribution in [0.4, 0.5) is 0 Å². The lowest BCUT2D eigenvalue weighted by atomic mass is 10.1. The van der Waals surface area contributed by atoms with E-state index in [0.717, 1.165) is 44.8 Å². The number of carbonyl (C=O) groups is 1. The van der Waals surface area contributed by atoms with E-state index in [-0.39, 0.29) is 17.8 Å². The quantitative estimate of drug-likeness (QED) is 0.136. The summed E-state index contributed by atoms with van der Waals surface area (Å²) in [5.41, 5.74) is -0.278. The van der Waals surface area contributed by atoms with Gasteiger partial charge < -0.3 is 4.79 Å². The van der Waals surface area contributed by atoms with E-state index in [4.69, 9.17) is 0 Å². The van der Waals surface area contributed by atoms with Gasteiger partial charge >= 0.3 is 0 Å². The summed E-state index contributed by atoms with van der Waals surface area (Å²) in [5, 5.41) is 21.9. The molecule has 0 fully saturated rings. The van der Waals surface area contributed by atoms with E-state index in [1.807, 2.05) is 12.2 Å². The van der Waals surface area contributed by atoms with Gasteiger partial charge in [0.2, 0.25) is 0 Å². The molecule has 0 N–H and O–H groups in total. The maximum Gasteiger partial charge on any atom is 0.253 e. The fraction of sp³-hybridized carbons (Fsp3) is 0.611. The molecule has 0 aromatic heterocycles. The molecule has 0 aliphatic carbocycles. The molecule has 0 aliphatic rings. The second kappa shape index (κ2) is 15.2. The third-order valence-corrected chi connectivity index (χ3v) is 3.62. The number of hydrogen-bond acceptors (Lipinski definition) is 5. The van der Waals surface area contributed by atoms with E-state index >= 15 is 0 Å². The Hall–Kier alpha value is -2.31. The molecule has 0 aliphatic heterocycles. The van der Waals surface area contributed by atoms with Crippen molar-refractivity contribution in [2.24, 2.45) is 0 Å². The fourth-order valence-electron chi connectivity index (χ4n) is 2.28. The molecule has 140 valence electrons. The predicted octanol–water partition coefficient (Wildman–Crippen LogP) is 4.98. The Kier molecular flexibility index (Phi) is 13.8. The van der Waals surface area contributed by atoms with Gasteiger partial charge in [0.25, 0.3) is 11.4 Å². The molecule has 0 spiro atoms. The van der Waals surface area contributed by atoms with Crippen molar-refractivity contribution >= 4 is 6.29 Å². The van der Waals surface area contributed by atoms with Crippen LogP contribution in [0, 0.1) is 20.2 Å². The Morgan fingerprint density at radius 2 is 1.40 bits per heavy atom. The average molecular weight is 352 g/mol. The summed E-state index contributed by atoms with van der Waals surface area (Å²) in [6.45, 7) is 1.75. The minimum Gasteiger partial charge on any atom is -0.303 e. The van der Waals surface area contributed by atoms with Crippen molar-refractivity contribution in [2.45, 2.75) is 71.1 Å². The average Bonchev–Trinajstić information content (AvgIpc) is 2.57. The molecule has 7 nitrogen and oxygen atoms in total. The number of unbranched alkanes of at least 4 members (excludes halogenated alkanes) is 6. The van der Waals surface area contributed by atoms with Gasteiger partial charge in [-0.25, -0.2) is 0 Å². The molecule has 25 heavy (non-hydrogen) atoms. The van der Waals surface area contributed by atoms with E-state index in [2.05, 4.69) is 0 Å². The van der Waals surface area contributed by atoms with Crippen LogP contribution in [0.25, 0.3) is 0 Å². The number of hydrogen-bond donors (Lipinski definition) is 0. The summed E-state index contributed by atoms with van der Waals surface area (Å²) in [6.07, 6.45) is 15.1. The van der Waals surface area contributed by atoms with Crippen LogP contribution < -0.4 is 0 Å². The van der Waals surface area contributed by atoms with E-state index in [1.165, 1.54) is 12.2 Å². The molecule has 0 aromatic rings. The SMILES string of the molecule is CC/C=C(\C/C(=C\C/C=C\CCCCCCCC=O)[N+](=O)[O-])[N+](=O)[O-]. The highest BCUT2D eigenvalue weighted by Crippen LogP contribution is 2.14. The smallest absolute Gasteiger partial charge is 0.253 e. The first kappa shape index (κ1) is 22.7.